The number of aryl methyl sites for hydroxylation is 2. The summed E-state index contributed by atoms with van der Waals surface area (Å²) < 4.78 is 1.90. The second-order valence-corrected chi connectivity index (χ2v) is 3.96. The Bertz CT molecular complexity index is 338. The molecule has 0 amide bonds. The van der Waals surface area contributed by atoms with Crippen LogP contribution in [0.25, 0.3) is 0 Å². The van der Waals surface area contributed by atoms with E-state index in [9.17, 15) is 0 Å². The van der Waals surface area contributed by atoms with E-state index in [1.807, 2.05) is 18.7 Å². The fraction of sp³-hybridized carbons (Fsp3) is 0.700. The Morgan fingerprint density at radius 1 is 1.57 bits per heavy atom. The van der Waals surface area contributed by atoms with Crippen LogP contribution in [0.15, 0.2) is 0 Å². The summed E-state index contributed by atoms with van der Waals surface area (Å²) in [6.45, 7) is 5.13. The van der Waals surface area contributed by atoms with Gasteiger partial charge in [0, 0.05) is 19.6 Å². The van der Waals surface area contributed by atoms with E-state index < -0.39 is 0 Å². The standard InChI is InChI=1S/C10H18N4/c1-4-14(8-5-6-8)10-9(11)7(2)12-13(10)3/h8H,4-6,11H2,1-3H3. The number of hydrogen-bond acceptors (Lipinski definition) is 3. The zero-order chi connectivity index (χ0) is 10.3. The summed E-state index contributed by atoms with van der Waals surface area (Å²) in [6.07, 6.45) is 2.58. The molecule has 0 atom stereocenters. The minimum Gasteiger partial charge on any atom is -0.394 e. The van der Waals surface area contributed by atoms with Crippen LogP contribution in [0.3, 0.4) is 0 Å². The third-order valence-electron chi connectivity index (χ3n) is 2.84. The molecule has 0 aromatic carbocycles. The van der Waals surface area contributed by atoms with Crippen LogP contribution in [0.1, 0.15) is 25.5 Å². The summed E-state index contributed by atoms with van der Waals surface area (Å²) in [7, 11) is 1.96. The molecular weight excluding hydrogens is 176 g/mol. The van der Waals surface area contributed by atoms with Gasteiger partial charge in [0.05, 0.1) is 11.4 Å². The highest BCUT2D eigenvalue weighted by Gasteiger charge is 2.31. The summed E-state index contributed by atoms with van der Waals surface area (Å²) in [6, 6.07) is 0.692. The quantitative estimate of drug-likeness (QED) is 0.789. The molecule has 0 unspecified atom stereocenters. The van der Waals surface area contributed by atoms with Crippen LogP contribution in [0.4, 0.5) is 11.5 Å². The first kappa shape index (κ1) is 9.37. The van der Waals surface area contributed by atoms with E-state index in [2.05, 4.69) is 16.9 Å². The van der Waals surface area contributed by atoms with Crippen molar-refractivity contribution in [2.75, 3.05) is 17.2 Å². The monoisotopic (exact) mass is 194 g/mol. The number of hydrogen-bond donors (Lipinski definition) is 1. The summed E-state index contributed by atoms with van der Waals surface area (Å²) in [4.78, 5) is 2.36. The Morgan fingerprint density at radius 2 is 2.21 bits per heavy atom. The van der Waals surface area contributed by atoms with E-state index in [0.717, 1.165) is 23.7 Å². The average Bonchev–Trinajstić information content (AvgIpc) is 2.91. The highest BCUT2D eigenvalue weighted by Crippen LogP contribution is 2.35. The van der Waals surface area contributed by atoms with E-state index in [1.165, 1.54) is 12.8 Å². The first-order valence-corrected chi connectivity index (χ1v) is 5.20. The number of nitrogens with two attached hydrogens (primary N) is 1. The minimum absolute atomic E-state index is 0.692. The van der Waals surface area contributed by atoms with Crippen molar-refractivity contribution in [2.45, 2.75) is 32.7 Å². The maximum atomic E-state index is 6.02. The normalized spacial score (nSPS) is 15.9. The zero-order valence-corrected chi connectivity index (χ0v) is 9.12. The van der Waals surface area contributed by atoms with Crippen molar-refractivity contribution in [3.63, 3.8) is 0 Å². The molecule has 4 nitrogen and oxygen atoms in total. The highest BCUT2D eigenvalue weighted by molar-refractivity contribution is 5.67. The van der Waals surface area contributed by atoms with Crippen LogP contribution < -0.4 is 10.6 Å². The summed E-state index contributed by atoms with van der Waals surface area (Å²) in [5, 5.41) is 4.34. The van der Waals surface area contributed by atoms with Crippen molar-refractivity contribution in [1.29, 1.82) is 0 Å². The summed E-state index contributed by atoms with van der Waals surface area (Å²) in [5.41, 5.74) is 7.79. The fourth-order valence-electron chi connectivity index (χ4n) is 1.97. The van der Waals surface area contributed by atoms with Crippen LogP contribution in [-0.2, 0) is 7.05 Å². The molecule has 0 spiro atoms. The Labute approximate surface area is 84.7 Å². The van der Waals surface area contributed by atoms with E-state index in [0.29, 0.717) is 6.04 Å². The number of nitrogen functional groups attached to an aromatic ring is 1. The van der Waals surface area contributed by atoms with E-state index in [-0.39, 0.29) is 0 Å². The van der Waals surface area contributed by atoms with Crippen LogP contribution in [0.2, 0.25) is 0 Å². The largest absolute Gasteiger partial charge is 0.394 e. The van der Waals surface area contributed by atoms with Gasteiger partial charge in [0.15, 0.2) is 5.82 Å². The average molecular weight is 194 g/mol. The molecule has 1 saturated carbocycles. The van der Waals surface area contributed by atoms with Gasteiger partial charge in [-0.05, 0) is 26.7 Å². The molecule has 0 aliphatic heterocycles. The predicted octanol–water partition coefficient (Wildman–Crippen LogP) is 1.30. The molecule has 4 heteroatoms. The van der Waals surface area contributed by atoms with Gasteiger partial charge in [-0.1, -0.05) is 0 Å². The van der Waals surface area contributed by atoms with Crippen molar-refractivity contribution >= 4 is 11.5 Å². The molecule has 0 radical (unpaired) electrons. The van der Waals surface area contributed by atoms with Crippen molar-refractivity contribution in [2.24, 2.45) is 7.05 Å². The van der Waals surface area contributed by atoms with E-state index in [1.54, 1.807) is 0 Å². The first-order chi connectivity index (χ1) is 6.65. The Kier molecular flexibility index (Phi) is 2.13. The molecule has 78 valence electrons. The molecule has 0 bridgehead atoms. The third kappa shape index (κ3) is 1.35. The zero-order valence-electron chi connectivity index (χ0n) is 9.12. The molecule has 1 aromatic rings. The molecule has 14 heavy (non-hydrogen) atoms. The number of anilines is 2. The molecular formula is C10H18N4. The second-order valence-electron chi connectivity index (χ2n) is 3.96. The fourth-order valence-corrected chi connectivity index (χ4v) is 1.97. The Morgan fingerprint density at radius 3 is 2.57 bits per heavy atom. The lowest BCUT2D eigenvalue weighted by atomic mass is 10.3. The number of rotatable bonds is 3. The van der Waals surface area contributed by atoms with Crippen molar-refractivity contribution < 1.29 is 0 Å². The van der Waals surface area contributed by atoms with Crippen LogP contribution >= 0.6 is 0 Å². The number of aromatic nitrogens is 2. The topological polar surface area (TPSA) is 47.1 Å². The third-order valence-corrected chi connectivity index (χ3v) is 2.84. The molecule has 1 aliphatic rings. The van der Waals surface area contributed by atoms with Crippen LogP contribution in [-0.4, -0.2) is 22.4 Å². The van der Waals surface area contributed by atoms with E-state index in [4.69, 9.17) is 5.73 Å². The molecule has 1 fully saturated rings. The van der Waals surface area contributed by atoms with Gasteiger partial charge in [0.1, 0.15) is 0 Å². The van der Waals surface area contributed by atoms with Crippen LogP contribution in [0, 0.1) is 6.92 Å². The van der Waals surface area contributed by atoms with Gasteiger partial charge >= 0.3 is 0 Å². The lowest BCUT2D eigenvalue weighted by Crippen LogP contribution is -2.28. The van der Waals surface area contributed by atoms with Gasteiger partial charge in [-0.15, -0.1) is 0 Å². The summed E-state index contributed by atoms with van der Waals surface area (Å²) in [5.74, 6) is 1.09. The van der Waals surface area contributed by atoms with Crippen LogP contribution in [0.5, 0.6) is 0 Å². The van der Waals surface area contributed by atoms with Crippen molar-refractivity contribution in [3.8, 4) is 0 Å². The maximum absolute atomic E-state index is 6.02. The van der Waals surface area contributed by atoms with E-state index >= 15 is 0 Å². The second kappa shape index (κ2) is 3.19. The van der Waals surface area contributed by atoms with Crippen molar-refractivity contribution in [3.05, 3.63) is 5.69 Å². The lowest BCUT2D eigenvalue weighted by molar-refractivity contribution is 0.704. The molecule has 1 aliphatic carbocycles. The van der Waals surface area contributed by atoms with Gasteiger partial charge in [0.2, 0.25) is 0 Å². The van der Waals surface area contributed by atoms with Gasteiger partial charge in [-0.3, -0.25) is 4.68 Å². The SMILES string of the molecule is CCN(c1c(N)c(C)nn1C)C1CC1. The highest BCUT2D eigenvalue weighted by atomic mass is 15.4. The molecule has 2 N–H and O–H groups in total. The van der Waals surface area contributed by atoms with Gasteiger partial charge in [-0.2, -0.15) is 5.10 Å². The van der Waals surface area contributed by atoms with Gasteiger partial charge in [-0.25, -0.2) is 0 Å². The Balaban J connectivity index is 2.37. The molecule has 1 heterocycles. The smallest absolute Gasteiger partial charge is 0.150 e. The number of nitrogens with zero attached hydrogens (tertiary/aromatic N) is 3. The first-order valence-electron chi connectivity index (χ1n) is 5.20. The Hall–Kier alpha value is -1.19. The molecule has 1 aromatic heterocycles. The van der Waals surface area contributed by atoms with Gasteiger partial charge in [0.25, 0.3) is 0 Å². The molecule has 0 saturated heterocycles. The summed E-state index contributed by atoms with van der Waals surface area (Å²) >= 11 is 0. The van der Waals surface area contributed by atoms with Crippen molar-refractivity contribution in [1.82, 2.24) is 9.78 Å². The molecule has 2 rings (SSSR count). The van der Waals surface area contributed by atoms with Gasteiger partial charge < -0.3 is 10.6 Å². The predicted molar refractivity (Wildman–Crippen MR) is 58.4 cm³/mol. The minimum atomic E-state index is 0.692. The lowest BCUT2D eigenvalue weighted by Gasteiger charge is -2.23. The maximum Gasteiger partial charge on any atom is 0.150 e.